The fraction of sp³-hybridized carbons (Fsp3) is 0.350. The summed E-state index contributed by atoms with van der Waals surface area (Å²) < 4.78 is 5.37. The number of carbonyl (C=O) groups is 1. The summed E-state index contributed by atoms with van der Waals surface area (Å²) in [5.74, 6) is -0.325. The largest absolute Gasteiger partial charge is 0.377 e. The molecule has 2 aromatic rings. The normalized spacial score (nSPS) is 13.3. The minimum absolute atomic E-state index is 0.0373. The third-order valence-electron chi connectivity index (χ3n) is 4.10. The Morgan fingerprint density at radius 2 is 1.71 bits per heavy atom. The molecule has 4 nitrogen and oxygen atoms in total. The fourth-order valence-corrected chi connectivity index (χ4v) is 2.45. The topological polar surface area (TPSA) is 64.3 Å². The lowest BCUT2D eigenvalue weighted by molar-refractivity contribution is -0.125. The lowest BCUT2D eigenvalue weighted by atomic mass is 9.94. The Morgan fingerprint density at radius 3 is 2.33 bits per heavy atom. The molecule has 0 fully saturated rings. The van der Waals surface area contributed by atoms with E-state index in [0.29, 0.717) is 19.8 Å². The van der Waals surface area contributed by atoms with Crippen LogP contribution in [-0.4, -0.2) is 12.5 Å². The maximum absolute atomic E-state index is 12.3. The van der Waals surface area contributed by atoms with E-state index in [1.54, 1.807) is 0 Å². The van der Waals surface area contributed by atoms with Crippen molar-refractivity contribution in [1.29, 1.82) is 0 Å². The van der Waals surface area contributed by atoms with Crippen molar-refractivity contribution in [3.63, 3.8) is 0 Å². The van der Waals surface area contributed by atoms with Gasteiger partial charge in [0, 0.05) is 19.2 Å². The number of ether oxygens (including phenoxy) is 1. The lowest BCUT2D eigenvalue weighted by Crippen LogP contribution is -2.35. The molecule has 128 valence electrons. The molecule has 2 aromatic carbocycles. The highest BCUT2D eigenvalue weighted by Crippen LogP contribution is 2.19. The molecule has 0 heterocycles. The number of benzene rings is 2. The predicted octanol–water partition coefficient (Wildman–Crippen LogP) is 3.18. The standard InChI is InChI=1S/C20H26N2O2/c1-3-24-14-17-11-9-16(10-12-17)13-22-20(23)15(2)19(21)18-7-5-4-6-8-18/h4-12,15,19H,3,13-14,21H2,1-2H3,(H,22,23). The number of nitrogens with two attached hydrogens (primary N) is 1. The first-order chi connectivity index (χ1) is 11.6. The van der Waals surface area contributed by atoms with Gasteiger partial charge in [-0.15, -0.1) is 0 Å². The highest BCUT2D eigenvalue weighted by atomic mass is 16.5. The molecule has 0 saturated carbocycles. The molecular formula is C20H26N2O2. The van der Waals surface area contributed by atoms with Crippen molar-refractivity contribution in [2.45, 2.75) is 33.0 Å². The van der Waals surface area contributed by atoms with Gasteiger partial charge in [0.25, 0.3) is 0 Å². The number of rotatable bonds is 8. The van der Waals surface area contributed by atoms with Gasteiger partial charge in [0.1, 0.15) is 0 Å². The van der Waals surface area contributed by atoms with Gasteiger partial charge in [0.15, 0.2) is 0 Å². The van der Waals surface area contributed by atoms with Crippen molar-refractivity contribution < 1.29 is 9.53 Å². The average Bonchev–Trinajstić information content (AvgIpc) is 2.64. The Labute approximate surface area is 144 Å². The van der Waals surface area contributed by atoms with E-state index in [1.807, 2.05) is 68.4 Å². The summed E-state index contributed by atoms with van der Waals surface area (Å²) >= 11 is 0. The van der Waals surface area contributed by atoms with E-state index in [4.69, 9.17) is 10.5 Å². The quantitative estimate of drug-likeness (QED) is 0.783. The van der Waals surface area contributed by atoms with Crippen molar-refractivity contribution in [2.75, 3.05) is 6.61 Å². The number of carbonyl (C=O) groups excluding carboxylic acids is 1. The molecule has 0 aliphatic carbocycles. The molecule has 2 rings (SSSR count). The zero-order valence-corrected chi connectivity index (χ0v) is 14.4. The smallest absolute Gasteiger partial charge is 0.225 e. The number of hydrogen-bond acceptors (Lipinski definition) is 3. The minimum atomic E-state index is -0.306. The van der Waals surface area contributed by atoms with E-state index in [9.17, 15) is 4.79 Å². The van der Waals surface area contributed by atoms with Gasteiger partial charge < -0.3 is 15.8 Å². The third kappa shape index (κ3) is 5.18. The van der Waals surface area contributed by atoms with Crippen LogP contribution in [0.1, 0.15) is 36.6 Å². The predicted molar refractivity (Wildman–Crippen MR) is 96.2 cm³/mol. The lowest BCUT2D eigenvalue weighted by Gasteiger charge is -2.20. The molecule has 0 aliphatic rings. The van der Waals surface area contributed by atoms with Gasteiger partial charge >= 0.3 is 0 Å². The Morgan fingerprint density at radius 1 is 1.08 bits per heavy atom. The van der Waals surface area contributed by atoms with Crippen LogP contribution >= 0.6 is 0 Å². The first-order valence-electron chi connectivity index (χ1n) is 8.35. The molecule has 0 spiro atoms. The molecule has 3 N–H and O–H groups in total. The van der Waals surface area contributed by atoms with E-state index in [-0.39, 0.29) is 17.9 Å². The zero-order chi connectivity index (χ0) is 17.4. The van der Waals surface area contributed by atoms with Crippen molar-refractivity contribution >= 4 is 5.91 Å². The fourth-order valence-electron chi connectivity index (χ4n) is 2.45. The van der Waals surface area contributed by atoms with Crippen LogP contribution in [0.2, 0.25) is 0 Å². The Hall–Kier alpha value is -2.17. The molecule has 4 heteroatoms. The van der Waals surface area contributed by atoms with E-state index in [1.165, 1.54) is 0 Å². The van der Waals surface area contributed by atoms with Gasteiger partial charge in [-0.05, 0) is 23.6 Å². The molecule has 0 saturated heterocycles. The summed E-state index contributed by atoms with van der Waals surface area (Å²) in [4.78, 5) is 12.3. The Bertz CT molecular complexity index is 626. The van der Waals surface area contributed by atoms with Gasteiger partial charge in [-0.25, -0.2) is 0 Å². The van der Waals surface area contributed by atoms with Gasteiger partial charge in [-0.2, -0.15) is 0 Å². The van der Waals surface area contributed by atoms with Crippen LogP contribution in [-0.2, 0) is 22.7 Å². The zero-order valence-electron chi connectivity index (χ0n) is 14.4. The Kier molecular flexibility index (Phi) is 6.97. The van der Waals surface area contributed by atoms with Gasteiger partial charge in [0.2, 0.25) is 5.91 Å². The molecule has 0 radical (unpaired) electrons. The summed E-state index contributed by atoms with van der Waals surface area (Å²) in [5, 5.41) is 2.96. The van der Waals surface area contributed by atoms with Crippen LogP contribution in [0, 0.1) is 5.92 Å². The molecule has 0 aromatic heterocycles. The maximum atomic E-state index is 12.3. The minimum Gasteiger partial charge on any atom is -0.377 e. The van der Waals surface area contributed by atoms with E-state index in [0.717, 1.165) is 16.7 Å². The average molecular weight is 326 g/mol. The molecule has 1 amide bonds. The second-order valence-electron chi connectivity index (χ2n) is 5.90. The number of amides is 1. The van der Waals surface area contributed by atoms with Crippen LogP contribution in [0.15, 0.2) is 54.6 Å². The Balaban J connectivity index is 1.85. The molecule has 0 aliphatic heterocycles. The maximum Gasteiger partial charge on any atom is 0.225 e. The summed E-state index contributed by atoms with van der Waals surface area (Å²) in [6.45, 7) is 5.66. The molecule has 2 unspecified atom stereocenters. The summed E-state index contributed by atoms with van der Waals surface area (Å²) in [6, 6.07) is 17.5. The van der Waals surface area contributed by atoms with Crippen LogP contribution in [0.3, 0.4) is 0 Å². The van der Waals surface area contributed by atoms with Crippen LogP contribution in [0.5, 0.6) is 0 Å². The molecule has 2 atom stereocenters. The summed E-state index contributed by atoms with van der Waals surface area (Å²) in [6.07, 6.45) is 0. The SMILES string of the molecule is CCOCc1ccc(CNC(=O)C(C)C(N)c2ccccc2)cc1. The van der Waals surface area contributed by atoms with Crippen molar-refractivity contribution in [2.24, 2.45) is 11.7 Å². The second-order valence-corrected chi connectivity index (χ2v) is 5.90. The molecule has 24 heavy (non-hydrogen) atoms. The summed E-state index contributed by atoms with van der Waals surface area (Å²) in [7, 11) is 0. The van der Waals surface area contributed by atoms with Crippen LogP contribution in [0.4, 0.5) is 0 Å². The monoisotopic (exact) mass is 326 g/mol. The second kappa shape index (κ2) is 9.21. The first kappa shape index (κ1) is 18.2. The molecular weight excluding hydrogens is 300 g/mol. The number of nitrogens with one attached hydrogen (secondary N) is 1. The van der Waals surface area contributed by atoms with Gasteiger partial charge in [0.05, 0.1) is 12.5 Å². The van der Waals surface area contributed by atoms with E-state index >= 15 is 0 Å². The molecule has 0 bridgehead atoms. The van der Waals surface area contributed by atoms with Crippen molar-refractivity contribution in [1.82, 2.24) is 5.32 Å². The summed E-state index contributed by atoms with van der Waals surface area (Å²) in [5.41, 5.74) is 9.36. The van der Waals surface area contributed by atoms with Crippen molar-refractivity contribution in [3.8, 4) is 0 Å². The van der Waals surface area contributed by atoms with Crippen LogP contribution < -0.4 is 11.1 Å². The van der Waals surface area contributed by atoms with Gasteiger partial charge in [-0.1, -0.05) is 61.5 Å². The van der Waals surface area contributed by atoms with Gasteiger partial charge in [-0.3, -0.25) is 4.79 Å². The highest BCUT2D eigenvalue weighted by Gasteiger charge is 2.21. The third-order valence-corrected chi connectivity index (χ3v) is 4.10. The van der Waals surface area contributed by atoms with Crippen molar-refractivity contribution in [3.05, 3.63) is 71.3 Å². The van der Waals surface area contributed by atoms with Crippen LogP contribution in [0.25, 0.3) is 0 Å². The number of hydrogen-bond donors (Lipinski definition) is 2. The van der Waals surface area contributed by atoms with E-state index < -0.39 is 0 Å². The van der Waals surface area contributed by atoms with E-state index in [2.05, 4.69) is 5.32 Å². The first-order valence-corrected chi connectivity index (χ1v) is 8.35. The highest BCUT2D eigenvalue weighted by molar-refractivity contribution is 5.79.